The number of methoxy groups -OCH3 is 1. The lowest BCUT2D eigenvalue weighted by atomic mass is 9.67. The summed E-state index contributed by atoms with van der Waals surface area (Å²) in [4.78, 5) is 29.3. The van der Waals surface area contributed by atoms with Gasteiger partial charge in [0.05, 0.1) is 19.1 Å². The molecule has 1 fully saturated rings. The molecule has 6 nitrogen and oxygen atoms in total. The summed E-state index contributed by atoms with van der Waals surface area (Å²) in [5.41, 5.74) is 0.512. The first-order chi connectivity index (χ1) is 15.0. The van der Waals surface area contributed by atoms with E-state index in [0.717, 1.165) is 24.8 Å². The molecule has 1 aliphatic rings. The lowest BCUT2D eigenvalue weighted by Crippen LogP contribution is -2.37. The maximum absolute atomic E-state index is 13.0. The highest BCUT2D eigenvalue weighted by Crippen LogP contribution is 2.43. The summed E-state index contributed by atoms with van der Waals surface area (Å²) in [6, 6.07) is 11.6. The Hall–Kier alpha value is -2.89. The van der Waals surface area contributed by atoms with Crippen LogP contribution in [0.5, 0.6) is 11.6 Å². The summed E-state index contributed by atoms with van der Waals surface area (Å²) < 4.78 is 11.1. The number of aliphatic carboxylic acids is 1. The van der Waals surface area contributed by atoms with Gasteiger partial charge in [0.1, 0.15) is 0 Å². The zero-order valence-electron chi connectivity index (χ0n) is 18.3. The number of ether oxygens (including phenoxy) is 2. The minimum atomic E-state index is -0.989. The molecular weight excluding hydrogens is 394 g/mol. The van der Waals surface area contributed by atoms with Gasteiger partial charge in [0.25, 0.3) is 5.88 Å². The number of benzene rings is 1. The van der Waals surface area contributed by atoms with Crippen LogP contribution in [0.15, 0.2) is 42.6 Å². The molecule has 1 aromatic heterocycles. The van der Waals surface area contributed by atoms with E-state index >= 15 is 0 Å². The normalized spacial score (nSPS) is 20.8. The third-order valence-electron chi connectivity index (χ3n) is 6.42. The van der Waals surface area contributed by atoms with Crippen molar-refractivity contribution in [3.63, 3.8) is 0 Å². The molecule has 1 heterocycles. The number of nitrogens with zero attached hydrogens (tertiary/aromatic N) is 1. The maximum Gasteiger partial charge on any atom is 0.310 e. The molecule has 0 unspecified atom stereocenters. The highest BCUT2D eigenvalue weighted by molar-refractivity contribution is 5.99. The zero-order chi connectivity index (χ0) is 22.3. The summed E-state index contributed by atoms with van der Waals surface area (Å²) in [6.45, 7) is 2.54. The summed E-state index contributed by atoms with van der Waals surface area (Å²) in [5.74, 6) is 0.149. The van der Waals surface area contributed by atoms with Crippen molar-refractivity contribution in [1.82, 2.24) is 4.98 Å². The van der Waals surface area contributed by atoms with E-state index in [2.05, 4.69) is 11.9 Å². The van der Waals surface area contributed by atoms with Gasteiger partial charge >= 0.3 is 5.97 Å². The number of Topliss-reactive ketones (excluding diaryl/α,β-unsaturated/α-hetero) is 1. The van der Waals surface area contributed by atoms with E-state index in [1.54, 1.807) is 6.07 Å². The third-order valence-corrected chi connectivity index (χ3v) is 6.42. The fraction of sp³-hybridized carbons (Fsp3) is 0.480. The number of hydrogen-bond acceptors (Lipinski definition) is 5. The second kappa shape index (κ2) is 10.4. The van der Waals surface area contributed by atoms with Gasteiger partial charge in [-0.05, 0) is 43.2 Å². The van der Waals surface area contributed by atoms with Gasteiger partial charge in [-0.3, -0.25) is 9.59 Å². The van der Waals surface area contributed by atoms with E-state index in [1.165, 1.54) is 13.3 Å². The topological polar surface area (TPSA) is 85.7 Å². The fourth-order valence-corrected chi connectivity index (χ4v) is 4.28. The van der Waals surface area contributed by atoms with Gasteiger partial charge in [-0.25, -0.2) is 4.98 Å². The predicted octanol–water partition coefficient (Wildman–Crippen LogP) is 4.96. The smallest absolute Gasteiger partial charge is 0.310 e. The van der Waals surface area contributed by atoms with Crippen molar-refractivity contribution < 1.29 is 24.2 Å². The Labute approximate surface area is 183 Å². The molecule has 0 saturated heterocycles. The third kappa shape index (κ3) is 5.63. The number of carbonyl (C=O) groups is 2. The van der Waals surface area contributed by atoms with Crippen molar-refractivity contribution in [3.05, 3.63) is 53.7 Å². The summed E-state index contributed by atoms with van der Waals surface area (Å²) in [5, 5.41) is 9.89. The number of ketones is 1. The van der Waals surface area contributed by atoms with Gasteiger partial charge in [-0.2, -0.15) is 0 Å². The monoisotopic (exact) mass is 425 g/mol. The average Bonchev–Trinajstić information content (AvgIpc) is 2.80. The first-order valence-corrected chi connectivity index (χ1v) is 10.9. The lowest BCUT2D eigenvalue weighted by molar-refractivity contribution is -0.151. The molecule has 0 spiro atoms. The summed E-state index contributed by atoms with van der Waals surface area (Å²) >= 11 is 0. The van der Waals surface area contributed by atoms with Crippen LogP contribution < -0.4 is 9.47 Å². The van der Waals surface area contributed by atoms with Crippen LogP contribution in [-0.2, 0) is 11.2 Å². The standard InChI is InChI=1S/C25H31NO5/c1-3-18-9-12-25(13-10-18,24(28)29)16-21(27)20-15-22(23(30-2)26-17-20)31-14-11-19-7-5-4-6-8-19/h4-8,15,17-18H,3,9-14,16H2,1-2H3,(H,28,29). The number of carboxylic acids is 1. The Balaban J connectivity index is 1.70. The molecule has 1 aliphatic carbocycles. The quantitative estimate of drug-likeness (QED) is 0.542. The lowest BCUT2D eigenvalue weighted by Gasteiger charge is -2.36. The molecule has 3 rings (SSSR count). The summed E-state index contributed by atoms with van der Waals surface area (Å²) in [6.07, 6.45) is 5.97. The van der Waals surface area contributed by atoms with E-state index < -0.39 is 11.4 Å². The van der Waals surface area contributed by atoms with Crippen molar-refractivity contribution in [1.29, 1.82) is 0 Å². The first-order valence-electron chi connectivity index (χ1n) is 10.9. The van der Waals surface area contributed by atoms with Crippen LogP contribution in [0.4, 0.5) is 0 Å². The molecular formula is C25H31NO5. The van der Waals surface area contributed by atoms with Crippen LogP contribution in [0.25, 0.3) is 0 Å². The van der Waals surface area contributed by atoms with E-state index in [-0.39, 0.29) is 12.2 Å². The van der Waals surface area contributed by atoms with Crippen molar-refractivity contribution in [2.45, 2.75) is 51.9 Å². The minimum absolute atomic E-state index is 0.0176. The Morgan fingerprint density at radius 2 is 1.90 bits per heavy atom. The fourth-order valence-electron chi connectivity index (χ4n) is 4.28. The van der Waals surface area contributed by atoms with Crippen LogP contribution >= 0.6 is 0 Å². The molecule has 31 heavy (non-hydrogen) atoms. The van der Waals surface area contributed by atoms with Crippen molar-refractivity contribution >= 4 is 11.8 Å². The molecule has 6 heteroatoms. The number of rotatable bonds is 10. The van der Waals surface area contributed by atoms with E-state index in [1.807, 2.05) is 30.3 Å². The van der Waals surface area contributed by atoms with Crippen molar-refractivity contribution in [3.8, 4) is 11.6 Å². The van der Waals surface area contributed by atoms with Gasteiger partial charge in [0, 0.05) is 24.6 Å². The van der Waals surface area contributed by atoms with Crippen molar-refractivity contribution in [2.75, 3.05) is 13.7 Å². The number of carbonyl (C=O) groups excluding carboxylic acids is 1. The molecule has 1 aromatic carbocycles. The van der Waals surface area contributed by atoms with E-state index in [4.69, 9.17) is 9.47 Å². The zero-order valence-corrected chi connectivity index (χ0v) is 18.3. The van der Waals surface area contributed by atoms with Crippen LogP contribution in [0.2, 0.25) is 0 Å². The average molecular weight is 426 g/mol. The molecule has 0 atom stereocenters. The predicted molar refractivity (Wildman–Crippen MR) is 118 cm³/mol. The Bertz CT molecular complexity index is 888. The molecule has 0 aliphatic heterocycles. The van der Waals surface area contributed by atoms with Gasteiger partial charge in [0.15, 0.2) is 11.5 Å². The second-order valence-corrected chi connectivity index (χ2v) is 8.35. The summed E-state index contributed by atoms with van der Waals surface area (Å²) in [7, 11) is 1.50. The number of hydrogen-bond donors (Lipinski definition) is 1. The Morgan fingerprint density at radius 1 is 1.19 bits per heavy atom. The molecule has 1 saturated carbocycles. The maximum atomic E-state index is 13.0. The second-order valence-electron chi connectivity index (χ2n) is 8.35. The molecule has 1 N–H and O–H groups in total. The molecule has 0 amide bonds. The highest BCUT2D eigenvalue weighted by atomic mass is 16.5. The Kier molecular flexibility index (Phi) is 7.66. The molecule has 0 radical (unpaired) electrons. The van der Waals surface area contributed by atoms with E-state index in [0.29, 0.717) is 49.0 Å². The minimum Gasteiger partial charge on any atom is -0.488 e. The Morgan fingerprint density at radius 3 is 2.52 bits per heavy atom. The largest absolute Gasteiger partial charge is 0.488 e. The van der Waals surface area contributed by atoms with Gasteiger partial charge in [-0.15, -0.1) is 0 Å². The molecule has 2 aromatic rings. The van der Waals surface area contributed by atoms with Gasteiger partial charge in [0.2, 0.25) is 0 Å². The first kappa shape index (κ1) is 22.8. The van der Waals surface area contributed by atoms with Crippen LogP contribution in [0.1, 0.15) is 61.4 Å². The van der Waals surface area contributed by atoms with E-state index in [9.17, 15) is 14.7 Å². The van der Waals surface area contributed by atoms with Crippen LogP contribution in [-0.4, -0.2) is 35.6 Å². The van der Waals surface area contributed by atoms with Gasteiger partial charge in [-0.1, -0.05) is 43.7 Å². The number of aromatic nitrogens is 1. The molecule has 166 valence electrons. The molecule has 0 bridgehead atoms. The van der Waals surface area contributed by atoms with Crippen molar-refractivity contribution in [2.24, 2.45) is 11.3 Å². The number of carboxylic acid groups (broad SMARTS) is 1. The van der Waals surface area contributed by atoms with Crippen LogP contribution in [0.3, 0.4) is 0 Å². The number of pyridine rings is 1. The highest BCUT2D eigenvalue weighted by Gasteiger charge is 2.43. The SMILES string of the molecule is CCC1CCC(CC(=O)c2cnc(OC)c(OCCc3ccccc3)c2)(C(=O)O)CC1. The van der Waals surface area contributed by atoms with Crippen LogP contribution in [0, 0.1) is 11.3 Å². The van der Waals surface area contributed by atoms with Gasteiger partial charge < -0.3 is 14.6 Å².